The molecule has 0 saturated carbocycles. The van der Waals surface area contributed by atoms with Crippen molar-refractivity contribution >= 4 is 33.2 Å². The number of nitrogens with one attached hydrogen (secondary N) is 1. The summed E-state index contributed by atoms with van der Waals surface area (Å²) in [4.78, 5) is 12.8. The van der Waals surface area contributed by atoms with E-state index in [0.29, 0.717) is 18.9 Å². The first-order valence-corrected chi connectivity index (χ1v) is 7.02. The van der Waals surface area contributed by atoms with E-state index in [0.717, 1.165) is 16.6 Å². The van der Waals surface area contributed by atoms with Crippen LogP contribution in [0.25, 0.3) is 0 Å². The molecule has 1 aromatic rings. The van der Waals surface area contributed by atoms with Gasteiger partial charge in [-0.3, -0.25) is 4.79 Å². The molecule has 0 radical (unpaired) electrons. The highest BCUT2D eigenvalue weighted by Crippen LogP contribution is 2.22. The molecular weight excluding hydrogens is 286 g/mol. The summed E-state index contributed by atoms with van der Waals surface area (Å²) in [6.07, 6.45) is 7.19. The number of rotatable bonds is 4. The van der Waals surface area contributed by atoms with Crippen LogP contribution in [-0.2, 0) is 11.3 Å². The van der Waals surface area contributed by atoms with Crippen LogP contribution >= 0.6 is 27.3 Å². The van der Waals surface area contributed by atoms with E-state index >= 15 is 0 Å². The maximum atomic E-state index is 11.6. The summed E-state index contributed by atoms with van der Waals surface area (Å²) in [6.45, 7) is 0.644. The second-order valence-electron chi connectivity index (χ2n) is 3.95. The van der Waals surface area contributed by atoms with Crippen LogP contribution in [-0.4, -0.2) is 5.91 Å². The molecule has 0 spiro atoms. The zero-order valence-corrected chi connectivity index (χ0v) is 11.3. The largest absolute Gasteiger partial charge is 0.351 e. The van der Waals surface area contributed by atoms with Gasteiger partial charge in [0.2, 0.25) is 5.91 Å². The normalized spacial score (nSPS) is 18.9. The van der Waals surface area contributed by atoms with Crippen LogP contribution in [0, 0.1) is 5.92 Å². The first-order chi connectivity index (χ1) is 7.74. The van der Waals surface area contributed by atoms with Crippen molar-refractivity contribution in [3.05, 3.63) is 32.9 Å². The maximum absolute atomic E-state index is 11.6. The van der Waals surface area contributed by atoms with Crippen molar-refractivity contribution < 1.29 is 4.79 Å². The second kappa shape index (κ2) is 5.64. The van der Waals surface area contributed by atoms with Crippen LogP contribution in [0.15, 0.2) is 28.1 Å². The number of amides is 1. The summed E-state index contributed by atoms with van der Waals surface area (Å²) in [6, 6.07) is 4.04. The lowest BCUT2D eigenvalue weighted by atomic mass is 10.1. The fraction of sp³-hybridized carbons (Fsp3) is 0.417. The SMILES string of the molecule is O=C(CC1C=CCC1)NCc1ccc(Br)s1. The molecule has 2 rings (SSSR count). The highest BCUT2D eigenvalue weighted by atomic mass is 79.9. The van der Waals surface area contributed by atoms with Crippen LogP contribution in [0.3, 0.4) is 0 Å². The van der Waals surface area contributed by atoms with Crippen molar-refractivity contribution in [1.82, 2.24) is 5.32 Å². The van der Waals surface area contributed by atoms with Crippen LogP contribution in [0.4, 0.5) is 0 Å². The molecule has 4 heteroatoms. The summed E-state index contributed by atoms with van der Waals surface area (Å²) in [5.74, 6) is 0.608. The third-order valence-corrected chi connectivity index (χ3v) is 4.27. The van der Waals surface area contributed by atoms with E-state index in [1.54, 1.807) is 11.3 Å². The van der Waals surface area contributed by atoms with Gasteiger partial charge in [-0.15, -0.1) is 11.3 Å². The molecule has 0 bridgehead atoms. The summed E-state index contributed by atoms with van der Waals surface area (Å²) in [5.41, 5.74) is 0. The van der Waals surface area contributed by atoms with E-state index in [2.05, 4.69) is 33.4 Å². The Labute approximate surface area is 108 Å². The van der Waals surface area contributed by atoms with E-state index < -0.39 is 0 Å². The van der Waals surface area contributed by atoms with Gasteiger partial charge in [-0.25, -0.2) is 0 Å². The van der Waals surface area contributed by atoms with E-state index in [1.165, 1.54) is 4.88 Å². The van der Waals surface area contributed by atoms with Crippen molar-refractivity contribution in [2.24, 2.45) is 5.92 Å². The van der Waals surface area contributed by atoms with Crippen LogP contribution < -0.4 is 5.32 Å². The molecule has 2 nitrogen and oxygen atoms in total. The molecule has 0 aromatic carbocycles. The number of allylic oxidation sites excluding steroid dienone is 2. The Hall–Kier alpha value is -0.610. The van der Waals surface area contributed by atoms with Crippen molar-refractivity contribution in [3.63, 3.8) is 0 Å². The number of hydrogen-bond acceptors (Lipinski definition) is 2. The minimum absolute atomic E-state index is 0.154. The molecule has 1 atom stereocenters. The molecule has 1 aromatic heterocycles. The van der Waals surface area contributed by atoms with Crippen molar-refractivity contribution in [3.8, 4) is 0 Å². The van der Waals surface area contributed by atoms with Gasteiger partial charge in [-0.1, -0.05) is 12.2 Å². The quantitative estimate of drug-likeness (QED) is 0.847. The summed E-state index contributed by atoms with van der Waals surface area (Å²) in [5, 5.41) is 2.96. The van der Waals surface area contributed by atoms with Crippen molar-refractivity contribution in [2.45, 2.75) is 25.8 Å². The number of carbonyl (C=O) groups excluding carboxylic acids is 1. The zero-order valence-electron chi connectivity index (χ0n) is 8.91. The summed E-state index contributed by atoms with van der Waals surface area (Å²) < 4.78 is 1.11. The fourth-order valence-corrected chi connectivity index (χ4v) is 3.23. The zero-order chi connectivity index (χ0) is 11.4. The van der Waals surface area contributed by atoms with Gasteiger partial charge < -0.3 is 5.32 Å². The predicted octanol–water partition coefficient (Wildman–Crippen LogP) is 3.48. The summed E-state index contributed by atoms with van der Waals surface area (Å²) in [7, 11) is 0. The molecule has 1 aliphatic rings. The van der Waals surface area contributed by atoms with Crippen molar-refractivity contribution in [2.75, 3.05) is 0 Å². The Morgan fingerprint density at radius 1 is 1.56 bits per heavy atom. The van der Waals surface area contributed by atoms with Crippen LogP contribution in [0.1, 0.15) is 24.1 Å². The lowest BCUT2D eigenvalue weighted by molar-refractivity contribution is -0.121. The third kappa shape index (κ3) is 3.46. The van der Waals surface area contributed by atoms with Crippen LogP contribution in [0.5, 0.6) is 0 Å². The molecule has 1 unspecified atom stereocenters. The van der Waals surface area contributed by atoms with Gasteiger partial charge in [-0.05, 0) is 46.8 Å². The molecular formula is C12H14BrNOS. The van der Waals surface area contributed by atoms with Gasteiger partial charge in [0.1, 0.15) is 0 Å². The van der Waals surface area contributed by atoms with Gasteiger partial charge in [0.15, 0.2) is 0 Å². The first-order valence-electron chi connectivity index (χ1n) is 5.41. The second-order valence-corrected chi connectivity index (χ2v) is 6.50. The number of hydrogen-bond donors (Lipinski definition) is 1. The number of thiophene rings is 1. The molecule has 1 amide bonds. The van der Waals surface area contributed by atoms with E-state index in [-0.39, 0.29) is 5.91 Å². The third-order valence-electron chi connectivity index (χ3n) is 2.65. The lowest BCUT2D eigenvalue weighted by Gasteiger charge is -2.07. The predicted molar refractivity (Wildman–Crippen MR) is 70.3 cm³/mol. The summed E-state index contributed by atoms with van der Waals surface area (Å²) >= 11 is 5.07. The average molecular weight is 300 g/mol. The molecule has 0 fully saturated rings. The fourth-order valence-electron chi connectivity index (χ4n) is 1.81. The molecule has 0 aliphatic heterocycles. The smallest absolute Gasteiger partial charge is 0.220 e. The van der Waals surface area contributed by atoms with Gasteiger partial charge in [0.25, 0.3) is 0 Å². The molecule has 1 heterocycles. The Morgan fingerprint density at radius 3 is 3.06 bits per heavy atom. The van der Waals surface area contributed by atoms with Crippen LogP contribution in [0.2, 0.25) is 0 Å². The molecule has 0 saturated heterocycles. The van der Waals surface area contributed by atoms with Gasteiger partial charge in [0, 0.05) is 11.3 Å². The number of carbonyl (C=O) groups is 1. The lowest BCUT2D eigenvalue weighted by Crippen LogP contribution is -2.23. The monoisotopic (exact) mass is 299 g/mol. The Bertz CT molecular complexity index is 399. The van der Waals surface area contributed by atoms with E-state index in [4.69, 9.17) is 0 Å². The van der Waals surface area contributed by atoms with Gasteiger partial charge in [0.05, 0.1) is 10.3 Å². The first kappa shape index (κ1) is 11.9. The van der Waals surface area contributed by atoms with E-state index in [9.17, 15) is 4.79 Å². The van der Waals surface area contributed by atoms with Gasteiger partial charge >= 0.3 is 0 Å². The minimum atomic E-state index is 0.154. The minimum Gasteiger partial charge on any atom is -0.351 e. The standard InChI is InChI=1S/C12H14BrNOS/c13-11-6-5-10(16-11)8-14-12(15)7-9-3-1-2-4-9/h1,3,5-6,9H,2,4,7-8H2,(H,14,15). The topological polar surface area (TPSA) is 29.1 Å². The molecule has 16 heavy (non-hydrogen) atoms. The molecule has 1 aliphatic carbocycles. The highest BCUT2D eigenvalue weighted by molar-refractivity contribution is 9.11. The Balaban J connectivity index is 1.73. The van der Waals surface area contributed by atoms with Gasteiger partial charge in [-0.2, -0.15) is 0 Å². The molecule has 1 N–H and O–H groups in total. The average Bonchev–Trinajstić information content (AvgIpc) is 2.87. The molecule has 86 valence electrons. The highest BCUT2D eigenvalue weighted by Gasteiger charge is 2.13. The Kier molecular flexibility index (Phi) is 4.18. The Morgan fingerprint density at radius 2 is 2.44 bits per heavy atom. The van der Waals surface area contributed by atoms with E-state index in [1.807, 2.05) is 12.1 Å². The number of halogens is 1. The van der Waals surface area contributed by atoms with Crippen molar-refractivity contribution in [1.29, 1.82) is 0 Å². The maximum Gasteiger partial charge on any atom is 0.220 e.